The maximum Gasteiger partial charge on any atom is 0.460 e. The molecule has 0 radical (unpaired) electrons. The van der Waals surface area contributed by atoms with Gasteiger partial charge in [0.1, 0.15) is 0 Å². The van der Waals surface area contributed by atoms with Crippen molar-refractivity contribution in [1.82, 2.24) is 10.2 Å². The smallest absolute Gasteiger partial charge is 0.379 e. The molecular weight excluding hydrogens is 475 g/mol. The van der Waals surface area contributed by atoms with Gasteiger partial charge in [-0.15, -0.1) is 0 Å². The molecule has 0 unspecified atom stereocenters. The summed E-state index contributed by atoms with van der Waals surface area (Å²) in [6.07, 6.45) is -7.70. The molecule has 0 aromatic carbocycles. The molecule has 1 aliphatic rings. The van der Waals surface area contributed by atoms with Crippen molar-refractivity contribution < 1.29 is 66.6 Å². The number of rotatable bonds is 9. The van der Waals surface area contributed by atoms with E-state index in [0.717, 1.165) is 5.32 Å². The van der Waals surface area contributed by atoms with Crippen molar-refractivity contribution in [2.24, 2.45) is 0 Å². The van der Waals surface area contributed by atoms with E-state index in [2.05, 4.69) is 0 Å². The standard InChI is InChI=1S/C14H15F13N2O2/c15-9(16,8(30)28-2-1-3-29-4-6-31-7-5-29)10(17,18)11(19,20)12(21,22)13(23,24)14(25,26)27/h1-7H2,(H,28,30). The zero-order valence-electron chi connectivity index (χ0n) is 15.1. The molecule has 1 N–H and O–H groups in total. The van der Waals surface area contributed by atoms with Crippen LogP contribution in [-0.2, 0) is 9.53 Å². The highest BCUT2D eigenvalue weighted by Crippen LogP contribution is 2.60. The Bertz CT molecular complexity index is 630. The zero-order valence-corrected chi connectivity index (χ0v) is 15.1. The average Bonchev–Trinajstić information content (AvgIpc) is 2.64. The predicted octanol–water partition coefficient (Wildman–Crippen LogP) is 3.56. The van der Waals surface area contributed by atoms with Gasteiger partial charge in [-0.2, -0.15) is 57.1 Å². The van der Waals surface area contributed by atoms with E-state index in [9.17, 15) is 61.9 Å². The normalized spacial score (nSPS) is 18.2. The number of ether oxygens (including phenoxy) is 1. The number of morpholine rings is 1. The Morgan fingerprint density at radius 1 is 0.742 bits per heavy atom. The first-order valence-electron chi connectivity index (χ1n) is 8.29. The first-order valence-corrected chi connectivity index (χ1v) is 8.29. The topological polar surface area (TPSA) is 41.6 Å². The maximum atomic E-state index is 13.6. The van der Waals surface area contributed by atoms with Gasteiger partial charge in [0, 0.05) is 19.6 Å². The summed E-state index contributed by atoms with van der Waals surface area (Å²) >= 11 is 0. The van der Waals surface area contributed by atoms with Crippen molar-refractivity contribution in [2.45, 2.75) is 42.2 Å². The Kier molecular flexibility index (Phi) is 7.80. The lowest BCUT2D eigenvalue weighted by molar-refractivity contribution is -0.436. The molecule has 1 rings (SSSR count). The molecule has 1 heterocycles. The zero-order chi connectivity index (χ0) is 24.5. The van der Waals surface area contributed by atoms with Gasteiger partial charge in [0.05, 0.1) is 13.2 Å². The van der Waals surface area contributed by atoms with Crippen LogP contribution in [0.2, 0.25) is 0 Å². The summed E-state index contributed by atoms with van der Waals surface area (Å²) in [6.45, 7) is 0.638. The minimum absolute atomic E-state index is 0.0949. The second-order valence-electron chi connectivity index (χ2n) is 6.43. The molecule has 0 atom stereocenters. The van der Waals surface area contributed by atoms with Crippen molar-refractivity contribution >= 4 is 5.91 Å². The van der Waals surface area contributed by atoms with Crippen LogP contribution in [-0.4, -0.2) is 86.0 Å². The number of amides is 1. The van der Waals surface area contributed by atoms with Gasteiger partial charge in [-0.25, -0.2) is 0 Å². The number of nitrogens with one attached hydrogen (secondary N) is 1. The van der Waals surface area contributed by atoms with Gasteiger partial charge in [0.2, 0.25) is 0 Å². The minimum atomic E-state index is -8.03. The summed E-state index contributed by atoms with van der Waals surface area (Å²) in [5.41, 5.74) is 0. The van der Waals surface area contributed by atoms with E-state index >= 15 is 0 Å². The Morgan fingerprint density at radius 3 is 1.65 bits per heavy atom. The number of hydrogen-bond donors (Lipinski definition) is 1. The van der Waals surface area contributed by atoms with Crippen molar-refractivity contribution in [3.8, 4) is 0 Å². The second-order valence-corrected chi connectivity index (χ2v) is 6.43. The van der Waals surface area contributed by atoms with Crippen LogP contribution >= 0.6 is 0 Å². The number of hydrogen-bond acceptors (Lipinski definition) is 3. The fourth-order valence-corrected chi connectivity index (χ4v) is 2.35. The molecule has 0 bridgehead atoms. The first-order chi connectivity index (χ1) is 13.7. The fraction of sp³-hybridized carbons (Fsp3) is 0.929. The van der Waals surface area contributed by atoms with Gasteiger partial charge in [-0.1, -0.05) is 0 Å². The molecule has 31 heavy (non-hydrogen) atoms. The molecule has 1 saturated heterocycles. The van der Waals surface area contributed by atoms with E-state index in [1.807, 2.05) is 0 Å². The van der Waals surface area contributed by atoms with E-state index in [4.69, 9.17) is 4.74 Å². The van der Waals surface area contributed by atoms with Crippen molar-refractivity contribution in [2.75, 3.05) is 39.4 Å². The SMILES string of the molecule is O=C(NCCCN1CCOCC1)C(F)(F)C(F)(F)C(F)(F)C(F)(F)C(F)(F)C(F)(F)F. The average molecular weight is 490 g/mol. The minimum Gasteiger partial charge on any atom is -0.379 e. The number of nitrogens with zero attached hydrogens (tertiary/aromatic N) is 1. The van der Waals surface area contributed by atoms with Crippen molar-refractivity contribution in [3.63, 3.8) is 0 Å². The number of halogens is 13. The fourth-order valence-electron chi connectivity index (χ4n) is 2.35. The molecule has 1 aliphatic heterocycles. The summed E-state index contributed by atoms with van der Waals surface area (Å²) in [7, 11) is 0. The number of carbonyl (C=O) groups excluding carboxylic acids is 1. The molecule has 4 nitrogen and oxygen atoms in total. The Hall–Kier alpha value is -1.52. The van der Waals surface area contributed by atoms with Crippen LogP contribution in [0, 0.1) is 0 Å². The molecule has 184 valence electrons. The molecule has 0 spiro atoms. The molecule has 1 fully saturated rings. The van der Waals surface area contributed by atoms with E-state index < -0.39 is 48.2 Å². The summed E-state index contributed by atoms with van der Waals surface area (Å²) in [5, 5.41) is 1.05. The van der Waals surface area contributed by atoms with Crippen LogP contribution in [0.3, 0.4) is 0 Å². The van der Waals surface area contributed by atoms with Gasteiger partial charge in [0.15, 0.2) is 0 Å². The molecule has 17 heteroatoms. The van der Waals surface area contributed by atoms with Crippen LogP contribution in [0.15, 0.2) is 0 Å². The van der Waals surface area contributed by atoms with E-state index in [1.165, 1.54) is 0 Å². The molecule has 0 aliphatic carbocycles. The van der Waals surface area contributed by atoms with Crippen LogP contribution in [0.25, 0.3) is 0 Å². The van der Waals surface area contributed by atoms with Gasteiger partial charge in [-0.3, -0.25) is 9.69 Å². The Labute approximate surface area is 165 Å². The third kappa shape index (κ3) is 4.80. The highest BCUT2D eigenvalue weighted by atomic mass is 19.4. The molecule has 0 aromatic rings. The van der Waals surface area contributed by atoms with Crippen LogP contribution in [0.4, 0.5) is 57.1 Å². The lowest BCUT2D eigenvalue weighted by Crippen LogP contribution is -2.72. The van der Waals surface area contributed by atoms with E-state index in [-0.39, 0.29) is 13.0 Å². The summed E-state index contributed by atoms with van der Waals surface area (Å²) in [5.74, 6) is -41.5. The lowest BCUT2D eigenvalue weighted by Gasteiger charge is -2.39. The quantitative estimate of drug-likeness (QED) is 0.397. The van der Waals surface area contributed by atoms with Crippen molar-refractivity contribution in [1.29, 1.82) is 0 Å². The third-order valence-corrected chi connectivity index (χ3v) is 4.26. The van der Waals surface area contributed by atoms with Gasteiger partial charge < -0.3 is 10.1 Å². The summed E-state index contributed by atoms with van der Waals surface area (Å²) < 4.78 is 173. The second kappa shape index (κ2) is 8.78. The first kappa shape index (κ1) is 27.5. The number of carbonyl (C=O) groups is 1. The van der Waals surface area contributed by atoms with Gasteiger partial charge in [0.25, 0.3) is 5.91 Å². The van der Waals surface area contributed by atoms with Gasteiger partial charge in [-0.05, 0) is 13.0 Å². The van der Waals surface area contributed by atoms with E-state index in [1.54, 1.807) is 4.90 Å². The third-order valence-electron chi connectivity index (χ3n) is 4.26. The highest BCUT2D eigenvalue weighted by molar-refractivity contribution is 5.84. The Morgan fingerprint density at radius 2 is 1.19 bits per heavy atom. The maximum absolute atomic E-state index is 13.6. The van der Waals surface area contributed by atoms with Crippen LogP contribution < -0.4 is 5.32 Å². The molecule has 0 saturated carbocycles. The molecule has 1 amide bonds. The monoisotopic (exact) mass is 490 g/mol. The van der Waals surface area contributed by atoms with Crippen LogP contribution in [0.5, 0.6) is 0 Å². The van der Waals surface area contributed by atoms with E-state index in [0.29, 0.717) is 26.3 Å². The lowest BCUT2D eigenvalue weighted by atomic mass is 9.93. The van der Waals surface area contributed by atoms with Crippen molar-refractivity contribution in [3.05, 3.63) is 0 Å². The summed E-state index contributed by atoms with van der Waals surface area (Å²) in [4.78, 5) is 12.9. The van der Waals surface area contributed by atoms with Crippen LogP contribution in [0.1, 0.15) is 6.42 Å². The summed E-state index contributed by atoms with van der Waals surface area (Å²) in [6, 6.07) is 0. The molecule has 0 aromatic heterocycles. The molecular formula is C14H15F13N2O2. The highest BCUT2D eigenvalue weighted by Gasteiger charge is 2.91. The predicted molar refractivity (Wildman–Crippen MR) is 75.7 cm³/mol. The van der Waals surface area contributed by atoms with Gasteiger partial charge >= 0.3 is 35.8 Å². The largest absolute Gasteiger partial charge is 0.460 e. The number of alkyl halides is 13. The Balaban J connectivity index is 2.95.